The second kappa shape index (κ2) is 6.27. The van der Waals surface area contributed by atoms with Gasteiger partial charge in [-0.2, -0.15) is 0 Å². The molecule has 0 spiro atoms. The quantitative estimate of drug-likeness (QED) is 0.767. The van der Waals surface area contributed by atoms with E-state index in [9.17, 15) is 0 Å². The number of rotatable bonds is 4. The third-order valence-electron chi connectivity index (χ3n) is 6.04. The van der Waals surface area contributed by atoms with Gasteiger partial charge in [-0.3, -0.25) is 0 Å². The van der Waals surface area contributed by atoms with Crippen LogP contribution in [0.4, 0.5) is 0 Å². The van der Waals surface area contributed by atoms with Gasteiger partial charge in [0.05, 0.1) is 11.2 Å². The highest BCUT2D eigenvalue weighted by atomic mass is 28.4. The van der Waals surface area contributed by atoms with E-state index in [0.717, 1.165) is 12.8 Å². The summed E-state index contributed by atoms with van der Waals surface area (Å²) in [5, 5.41) is 1.35. The van der Waals surface area contributed by atoms with E-state index in [1.54, 1.807) is 0 Å². The van der Waals surface area contributed by atoms with Gasteiger partial charge in [0.25, 0.3) is 0 Å². The third kappa shape index (κ3) is 3.36. The van der Waals surface area contributed by atoms with E-state index in [4.69, 9.17) is 13.7 Å². The Morgan fingerprint density at radius 1 is 1.00 bits per heavy atom. The Morgan fingerprint density at radius 3 is 2.17 bits per heavy atom. The van der Waals surface area contributed by atoms with Crippen LogP contribution < -0.4 is 5.19 Å². The summed E-state index contributed by atoms with van der Waals surface area (Å²) in [6.45, 7) is 13.1. The summed E-state index contributed by atoms with van der Waals surface area (Å²) in [5.74, 6) is 0.335. The molecule has 1 aliphatic heterocycles. The molecule has 2 atom stereocenters. The minimum absolute atomic E-state index is 0.150. The van der Waals surface area contributed by atoms with Gasteiger partial charge in [0.15, 0.2) is 0 Å². The predicted octanol–water partition coefficient (Wildman–Crippen LogP) is 4.13. The smallest absolute Gasteiger partial charge is 0.410 e. The van der Waals surface area contributed by atoms with E-state index in [2.05, 4.69) is 71.1 Å². The highest BCUT2D eigenvalue weighted by Crippen LogP contribution is 2.46. The topological polar surface area (TPSA) is 27.7 Å². The van der Waals surface area contributed by atoms with Crippen molar-refractivity contribution >= 4 is 20.6 Å². The zero-order valence-electron chi connectivity index (χ0n) is 16.0. The maximum Gasteiger partial charge on any atom is 0.463 e. The Kier molecular flexibility index (Phi) is 4.75. The highest BCUT2D eigenvalue weighted by Gasteiger charge is 2.56. The Hall–Kier alpha value is -0.618. The molecule has 1 aliphatic carbocycles. The predicted molar refractivity (Wildman–Crippen MR) is 102 cm³/mol. The summed E-state index contributed by atoms with van der Waals surface area (Å²) in [5.41, 5.74) is -0.533. The average Bonchev–Trinajstić information content (AvgIpc) is 3.02. The largest absolute Gasteiger partial charge is 0.463 e. The van der Waals surface area contributed by atoms with E-state index in [0.29, 0.717) is 5.82 Å². The molecule has 3 rings (SSSR count). The van der Waals surface area contributed by atoms with Crippen molar-refractivity contribution < 1.29 is 13.7 Å². The van der Waals surface area contributed by atoms with Gasteiger partial charge in [-0.15, -0.1) is 0 Å². The SMILES string of the molecule is CC1(C)OB(C2CCCC2O[Si](C)(C)c2ccccc2)OC1(C)C. The van der Waals surface area contributed by atoms with E-state index in [1.165, 1.54) is 11.6 Å². The minimum atomic E-state index is -1.92. The molecule has 1 aromatic carbocycles. The maximum absolute atomic E-state index is 6.73. The zero-order chi connectivity index (χ0) is 17.6. The van der Waals surface area contributed by atoms with Crippen LogP contribution in [-0.2, 0) is 13.7 Å². The van der Waals surface area contributed by atoms with Crippen LogP contribution in [0.5, 0.6) is 0 Å². The molecule has 1 saturated carbocycles. The summed E-state index contributed by atoms with van der Waals surface area (Å²) in [4.78, 5) is 0. The Morgan fingerprint density at radius 2 is 1.58 bits per heavy atom. The molecule has 5 heteroatoms. The van der Waals surface area contributed by atoms with Crippen molar-refractivity contribution in [1.82, 2.24) is 0 Å². The second-order valence-corrected chi connectivity index (χ2v) is 12.6. The molecule has 0 bridgehead atoms. The van der Waals surface area contributed by atoms with Crippen LogP contribution >= 0.6 is 0 Å². The maximum atomic E-state index is 6.73. The summed E-state index contributed by atoms with van der Waals surface area (Å²) in [7, 11) is -2.07. The molecule has 2 fully saturated rings. The van der Waals surface area contributed by atoms with Gasteiger partial charge in [0.1, 0.15) is 0 Å². The molecule has 1 saturated heterocycles. The van der Waals surface area contributed by atoms with Gasteiger partial charge in [-0.25, -0.2) is 0 Å². The minimum Gasteiger partial charge on any atom is -0.410 e. The first-order valence-corrected chi connectivity index (χ1v) is 12.1. The van der Waals surface area contributed by atoms with Crippen LogP contribution in [0.15, 0.2) is 30.3 Å². The molecule has 24 heavy (non-hydrogen) atoms. The lowest BCUT2D eigenvalue weighted by Gasteiger charge is -2.32. The summed E-state index contributed by atoms with van der Waals surface area (Å²) in [6.07, 6.45) is 3.67. The van der Waals surface area contributed by atoms with E-state index in [1.807, 2.05) is 0 Å². The van der Waals surface area contributed by atoms with Crippen LogP contribution in [0, 0.1) is 0 Å². The molecule has 0 N–H and O–H groups in total. The molecule has 0 aromatic heterocycles. The van der Waals surface area contributed by atoms with Gasteiger partial charge < -0.3 is 13.7 Å². The van der Waals surface area contributed by atoms with Crippen LogP contribution in [0.3, 0.4) is 0 Å². The second-order valence-electron chi connectivity index (χ2n) is 8.75. The molecule has 1 heterocycles. The molecular weight excluding hydrogens is 315 g/mol. The fourth-order valence-corrected chi connectivity index (χ4v) is 5.94. The van der Waals surface area contributed by atoms with Gasteiger partial charge in [0.2, 0.25) is 8.32 Å². The molecule has 0 radical (unpaired) electrons. The van der Waals surface area contributed by atoms with Crippen molar-refractivity contribution in [3.63, 3.8) is 0 Å². The standard InChI is InChI=1S/C19H31BO3Si/c1-18(2)19(3,4)23-20(22-18)16-13-10-14-17(16)21-24(5,6)15-11-8-7-9-12-15/h7-9,11-12,16-17H,10,13-14H2,1-6H3. The number of hydrogen-bond donors (Lipinski definition) is 0. The molecular formula is C19H31BO3Si. The van der Waals surface area contributed by atoms with Gasteiger partial charge in [-0.05, 0) is 58.8 Å². The summed E-state index contributed by atoms with van der Waals surface area (Å²) >= 11 is 0. The van der Waals surface area contributed by atoms with Gasteiger partial charge in [-0.1, -0.05) is 36.8 Å². The molecule has 2 aliphatic rings. The van der Waals surface area contributed by atoms with Crippen molar-refractivity contribution in [3.05, 3.63) is 30.3 Å². The number of benzene rings is 1. The molecule has 3 nitrogen and oxygen atoms in total. The van der Waals surface area contributed by atoms with Crippen molar-refractivity contribution in [2.45, 2.75) is 83.2 Å². The normalized spacial score (nSPS) is 29.2. The molecule has 0 amide bonds. The van der Waals surface area contributed by atoms with E-state index in [-0.39, 0.29) is 24.4 Å². The monoisotopic (exact) mass is 346 g/mol. The van der Waals surface area contributed by atoms with Crippen molar-refractivity contribution in [2.75, 3.05) is 0 Å². The van der Waals surface area contributed by atoms with Crippen molar-refractivity contribution in [1.29, 1.82) is 0 Å². The fraction of sp³-hybridized carbons (Fsp3) is 0.684. The molecule has 132 valence electrons. The zero-order valence-corrected chi connectivity index (χ0v) is 17.0. The van der Waals surface area contributed by atoms with Gasteiger partial charge in [0, 0.05) is 11.9 Å². The molecule has 1 aromatic rings. The Labute approximate surface area is 148 Å². The number of hydrogen-bond acceptors (Lipinski definition) is 3. The lowest BCUT2D eigenvalue weighted by atomic mass is 9.69. The van der Waals surface area contributed by atoms with Crippen LogP contribution in [0.2, 0.25) is 18.9 Å². The fourth-order valence-electron chi connectivity index (χ4n) is 3.76. The first-order chi connectivity index (χ1) is 11.1. The third-order valence-corrected chi connectivity index (χ3v) is 8.66. The summed E-state index contributed by atoms with van der Waals surface area (Å²) in [6, 6.07) is 10.7. The van der Waals surface area contributed by atoms with Crippen LogP contribution in [0.1, 0.15) is 47.0 Å². The Balaban J connectivity index is 1.73. The van der Waals surface area contributed by atoms with Gasteiger partial charge >= 0.3 is 7.12 Å². The first kappa shape index (κ1) is 18.2. The lowest BCUT2D eigenvalue weighted by molar-refractivity contribution is 0.00578. The van der Waals surface area contributed by atoms with Crippen molar-refractivity contribution in [2.24, 2.45) is 0 Å². The first-order valence-electron chi connectivity index (χ1n) is 9.21. The molecule has 2 unspecified atom stereocenters. The van der Waals surface area contributed by atoms with Crippen LogP contribution in [-0.4, -0.2) is 32.7 Å². The van der Waals surface area contributed by atoms with E-state index < -0.39 is 8.32 Å². The summed E-state index contributed by atoms with van der Waals surface area (Å²) < 4.78 is 19.3. The average molecular weight is 346 g/mol. The van der Waals surface area contributed by atoms with Crippen molar-refractivity contribution in [3.8, 4) is 0 Å². The van der Waals surface area contributed by atoms with Crippen LogP contribution in [0.25, 0.3) is 0 Å². The highest BCUT2D eigenvalue weighted by molar-refractivity contribution is 6.84. The lowest BCUT2D eigenvalue weighted by Crippen LogP contribution is -2.48. The van der Waals surface area contributed by atoms with E-state index >= 15 is 0 Å². The Bertz CT molecular complexity index is 557.